The molecule has 1 rings (SSSR count). The van der Waals surface area contributed by atoms with Crippen LogP contribution in [0.15, 0.2) is 18.2 Å². The molecular weight excluding hydrogens is 264 g/mol. The second-order valence-corrected chi connectivity index (χ2v) is 5.86. The Morgan fingerprint density at radius 1 is 1.37 bits per heavy atom. The van der Waals surface area contributed by atoms with Crippen molar-refractivity contribution in [2.24, 2.45) is 0 Å². The number of anilines is 1. The Morgan fingerprint density at radius 2 is 2.05 bits per heavy atom. The lowest BCUT2D eigenvalue weighted by Gasteiger charge is -2.19. The monoisotopic (exact) mass is 284 g/mol. The predicted octanol–water partition coefficient (Wildman–Crippen LogP) is 3.38. The molecule has 0 unspecified atom stereocenters. The van der Waals surface area contributed by atoms with E-state index in [0.29, 0.717) is 17.3 Å². The third-order valence-electron chi connectivity index (χ3n) is 2.29. The quantitative estimate of drug-likeness (QED) is 0.658. The van der Waals surface area contributed by atoms with Crippen molar-refractivity contribution in [3.8, 4) is 0 Å². The number of amides is 1. The highest BCUT2D eigenvalue weighted by molar-refractivity contribution is 6.30. The first-order valence-electron chi connectivity index (χ1n) is 6.28. The van der Waals surface area contributed by atoms with Crippen molar-refractivity contribution >= 4 is 23.4 Å². The number of hydrogen-bond donors (Lipinski definition) is 2. The van der Waals surface area contributed by atoms with Gasteiger partial charge in [0.25, 0.3) is 0 Å². The molecular formula is C14H21ClN2O2. The first-order chi connectivity index (χ1) is 8.76. The average molecular weight is 285 g/mol. The number of aryl methyl sites for hydroxylation is 1. The summed E-state index contributed by atoms with van der Waals surface area (Å²) in [4.78, 5) is 11.4. The van der Waals surface area contributed by atoms with Gasteiger partial charge in [0.2, 0.25) is 0 Å². The van der Waals surface area contributed by atoms with E-state index in [4.69, 9.17) is 22.1 Å². The second-order valence-electron chi connectivity index (χ2n) is 5.43. The molecule has 4 nitrogen and oxygen atoms in total. The van der Waals surface area contributed by atoms with Crippen LogP contribution in [0.25, 0.3) is 0 Å². The fourth-order valence-electron chi connectivity index (χ4n) is 1.62. The molecule has 0 spiro atoms. The van der Waals surface area contributed by atoms with Gasteiger partial charge in [-0.15, -0.1) is 0 Å². The maximum atomic E-state index is 11.4. The summed E-state index contributed by atoms with van der Waals surface area (Å²) >= 11 is 5.92. The van der Waals surface area contributed by atoms with E-state index in [1.807, 2.05) is 32.9 Å². The molecule has 0 aliphatic carbocycles. The first-order valence-corrected chi connectivity index (χ1v) is 6.66. The van der Waals surface area contributed by atoms with Crippen LogP contribution >= 0.6 is 11.6 Å². The minimum Gasteiger partial charge on any atom is -0.444 e. The molecule has 106 valence electrons. The van der Waals surface area contributed by atoms with Crippen LogP contribution in [0.1, 0.15) is 32.8 Å². The highest BCUT2D eigenvalue weighted by atomic mass is 35.5. The Bertz CT molecular complexity index is 421. The van der Waals surface area contributed by atoms with Crippen LogP contribution in [0.4, 0.5) is 10.5 Å². The number of nitrogen functional groups attached to an aromatic ring is 1. The van der Waals surface area contributed by atoms with Gasteiger partial charge in [0.1, 0.15) is 5.60 Å². The number of halogens is 1. The van der Waals surface area contributed by atoms with Crippen molar-refractivity contribution in [2.45, 2.75) is 39.2 Å². The van der Waals surface area contributed by atoms with Crippen LogP contribution in [0.3, 0.4) is 0 Å². The molecule has 0 aliphatic rings. The van der Waals surface area contributed by atoms with Gasteiger partial charge in [-0.05, 0) is 57.4 Å². The van der Waals surface area contributed by atoms with Crippen molar-refractivity contribution in [3.05, 3.63) is 28.8 Å². The zero-order chi connectivity index (χ0) is 14.5. The van der Waals surface area contributed by atoms with Crippen LogP contribution in [0.5, 0.6) is 0 Å². The van der Waals surface area contributed by atoms with Crippen LogP contribution < -0.4 is 11.1 Å². The summed E-state index contributed by atoms with van der Waals surface area (Å²) in [6, 6.07) is 5.48. The fraction of sp³-hybridized carbons (Fsp3) is 0.500. The number of benzene rings is 1. The lowest BCUT2D eigenvalue weighted by molar-refractivity contribution is 0.0527. The van der Waals surface area contributed by atoms with Crippen LogP contribution in [-0.2, 0) is 11.2 Å². The molecule has 0 heterocycles. The third kappa shape index (κ3) is 6.91. The number of hydrogen-bond acceptors (Lipinski definition) is 3. The maximum absolute atomic E-state index is 11.4. The van der Waals surface area contributed by atoms with E-state index in [1.165, 1.54) is 0 Å². The molecule has 0 atom stereocenters. The molecule has 0 aromatic heterocycles. The lowest BCUT2D eigenvalue weighted by Crippen LogP contribution is -2.33. The molecule has 0 fully saturated rings. The van der Waals surface area contributed by atoms with E-state index in [-0.39, 0.29) is 0 Å². The Morgan fingerprint density at radius 3 is 2.63 bits per heavy atom. The Kier molecular flexibility index (Phi) is 5.48. The number of nitrogens with one attached hydrogen (secondary N) is 1. The average Bonchev–Trinajstić information content (AvgIpc) is 2.20. The van der Waals surface area contributed by atoms with Crippen LogP contribution in [0, 0.1) is 0 Å². The predicted molar refractivity (Wildman–Crippen MR) is 78.4 cm³/mol. The molecule has 0 radical (unpaired) electrons. The van der Waals surface area contributed by atoms with Crippen LogP contribution in [0.2, 0.25) is 5.02 Å². The normalized spacial score (nSPS) is 11.2. The zero-order valence-corrected chi connectivity index (χ0v) is 12.4. The number of rotatable bonds is 4. The number of carbonyl (C=O) groups excluding carboxylic acids is 1. The second kappa shape index (κ2) is 6.66. The van der Waals surface area contributed by atoms with E-state index in [2.05, 4.69) is 5.32 Å². The van der Waals surface area contributed by atoms with E-state index < -0.39 is 11.7 Å². The van der Waals surface area contributed by atoms with E-state index in [9.17, 15) is 4.79 Å². The van der Waals surface area contributed by atoms with Crippen molar-refractivity contribution in [1.82, 2.24) is 5.32 Å². The lowest BCUT2D eigenvalue weighted by atomic mass is 10.1. The Labute approximate surface area is 119 Å². The molecule has 3 N–H and O–H groups in total. The summed E-state index contributed by atoms with van der Waals surface area (Å²) in [6.07, 6.45) is 1.22. The van der Waals surface area contributed by atoms with Gasteiger partial charge < -0.3 is 15.8 Å². The molecule has 0 saturated heterocycles. The smallest absolute Gasteiger partial charge is 0.407 e. The van der Waals surface area contributed by atoms with E-state index in [0.717, 1.165) is 18.4 Å². The summed E-state index contributed by atoms with van der Waals surface area (Å²) in [5.74, 6) is 0. The SMILES string of the molecule is CC(C)(C)OC(=O)NCCCc1cc(N)cc(Cl)c1. The van der Waals surface area contributed by atoms with Gasteiger partial charge in [-0.2, -0.15) is 0 Å². The number of ether oxygens (including phenoxy) is 1. The summed E-state index contributed by atoms with van der Waals surface area (Å²) in [6.45, 7) is 6.06. The summed E-state index contributed by atoms with van der Waals surface area (Å²) in [5, 5.41) is 3.35. The van der Waals surface area contributed by atoms with Gasteiger partial charge in [0.05, 0.1) is 0 Å². The molecule has 0 bridgehead atoms. The van der Waals surface area contributed by atoms with Gasteiger partial charge >= 0.3 is 6.09 Å². The highest BCUT2D eigenvalue weighted by Crippen LogP contribution is 2.17. The minimum absolute atomic E-state index is 0.391. The summed E-state index contributed by atoms with van der Waals surface area (Å²) in [7, 11) is 0. The highest BCUT2D eigenvalue weighted by Gasteiger charge is 2.15. The Hall–Kier alpha value is -1.42. The molecule has 5 heteroatoms. The van der Waals surface area contributed by atoms with Crippen molar-refractivity contribution < 1.29 is 9.53 Å². The molecule has 1 aromatic rings. The maximum Gasteiger partial charge on any atom is 0.407 e. The number of nitrogens with two attached hydrogens (primary N) is 1. The first kappa shape index (κ1) is 15.6. The van der Waals surface area contributed by atoms with E-state index in [1.54, 1.807) is 6.07 Å². The van der Waals surface area contributed by atoms with Crippen molar-refractivity contribution in [3.63, 3.8) is 0 Å². The largest absolute Gasteiger partial charge is 0.444 e. The van der Waals surface area contributed by atoms with Gasteiger partial charge in [0.15, 0.2) is 0 Å². The van der Waals surface area contributed by atoms with Gasteiger partial charge in [-0.25, -0.2) is 4.79 Å². The van der Waals surface area contributed by atoms with Gasteiger partial charge in [-0.3, -0.25) is 0 Å². The van der Waals surface area contributed by atoms with Gasteiger partial charge in [-0.1, -0.05) is 11.6 Å². The molecule has 0 saturated carbocycles. The fourth-order valence-corrected chi connectivity index (χ4v) is 1.88. The molecule has 1 amide bonds. The Balaban J connectivity index is 2.29. The van der Waals surface area contributed by atoms with E-state index >= 15 is 0 Å². The van der Waals surface area contributed by atoms with Crippen molar-refractivity contribution in [2.75, 3.05) is 12.3 Å². The topological polar surface area (TPSA) is 64.3 Å². The van der Waals surface area contributed by atoms with Crippen LogP contribution in [-0.4, -0.2) is 18.2 Å². The van der Waals surface area contributed by atoms with Crippen molar-refractivity contribution in [1.29, 1.82) is 0 Å². The zero-order valence-electron chi connectivity index (χ0n) is 11.6. The third-order valence-corrected chi connectivity index (χ3v) is 2.51. The number of carbonyl (C=O) groups is 1. The van der Waals surface area contributed by atoms with Gasteiger partial charge in [0, 0.05) is 17.3 Å². The number of alkyl carbamates (subject to hydrolysis) is 1. The molecule has 0 aliphatic heterocycles. The molecule has 1 aromatic carbocycles. The standard InChI is InChI=1S/C14H21ClN2O2/c1-14(2,3)19-13(18)17-6-4-5-10-7-11(15)9-12(16)8-10/h7-9H,4-6,16H2,1-3H3,(H,17,18). The minimum atomic E-state index is -0.467. The molecule has 19 heavy (non-hydrogen) atoms. The summed E-state index contributed by atoms with van der Waals surface area (Å²) < 4.78 is 5.14. The summed E-state index contributed by atoms with van der Waals surface area (Å²) in [5.41, 5.74) is 6.96.